The molecule has 0 radical (unpaired) electrons. The van der Waals surface area contributed by atoms with Gasteiger partial charge in [-0.3, -0.25) is 19.2 Å². The number of carbonyl (C=O) groups is 6. The smallest absolute Gasteiger partial charge is 0.417 e. The molecule has 166 valence electrons. The zero-order valence-electron chi connectivity index (χ0n) is 18.1. The topological polar surface area (TPSA) is 121 Å². The summed E-state index contributed by atoms with van der Waals surface area (Å²) in [5.74, 6) is -3.65. The van der Waals surface area contributed by atoms with Crippen LogP contribution in [0.15, 0.2) is 36.4 Å². The number of ether oxygens (including phenoxy) is 2. The van der Waals surface area contributed by atoms with E-state index in [4.69, 9.17) is 9.47 Å². The van der Waals surface area contributed by atoms with Crippen molar-refractivity contribution in [3.05, 3.63) is 69.8 Å². The predicted octanol–water partition coefficient (Wildman–Crippen LogP) is 3.28. The molecule has 0 atom stereocenters. The highest BCUT2D eigenvalue weighted by molar-refractivity contribution is 6.29. The molecule has 2 rings (SSSR count). The SMILES string of the molecule is CC(=O)c1ccc(COC(=O)C(=O)OCc2ccc(C(C)=O)cc2C(C)=O)c(C(C)=O)c1. The van der Waals surface area contributed by atoms with E-state index in [9.17, 15) is 28.8 Å². The van der Waals surface area contributed by atoms with Crippen LogP contribution in [0.3, 0.4) is 0 Å². The molecular formula is C24H22O8. The Bertz CT molecular complexity index is 1040. The summed E-state index contributed by atoms with van der Waals surface area (Å²) in [6, 6.07) is 8.73. The first kappa shape index (κ1) is 24.3. The number of Topliss-reactive ketones (excluding diaryl/α,β-unsaturated/α-hetero) is 4. The minimum absolute atomic E-state index is 0.204. The molecule has 0 aromatic heterocycles. The first-order valence-corrected chi connectivity index (χ1v) is 9.64. The number of carbonyl (C=O) groups excluding carboxylic acids is 6. The standard InChI is InChI=1S/C24H22O8/c1-13(25)17-5-7-19(21(9-17)15(3)27)11-31-23(29)24(30)32-12-20-8-6-18(14(2)26)10-22(20)16(4)28/h5-10H,11-12H2,1-4H3. The Hall–Kier alpha value is -3.94. The normalized spacial score (nSPS) is 10.2. The van der Waals surface area contributed by atoms with E-state index in [1.54, 1.807) is 0 Å². The quantitative estimate of drug-likeness (QED) is 0.350. The molecule has 32 heavy (non-hydrogen) atoms. The maximum Gasteiger partial charge on any atom is 0.417 e. The van der Waals surface area contributed by atoms with E-state index in [0.717, 1.165) is 0 Å². The number of benzene rings is 2. The van der Waals surface area contributed by atoms with Gasteiger partial charge in [0.1, 0.15) is 13.2 Å². The fourth-order valence-corrected chi connectivity index (χ4v) is 2.90. The monoisotopic (exact) mass is 438 g/mol. The minimum atomic E-state index is -1.28. The van der Waals surface area contributed by atoms with Crippen molar-refractivity contribution in [3.8, 4) is 0 Å². The number of ketones is 4. The highest BCUT2D eigenvalue weighted by Crippen LogP contribution is 2.17. The average molecular weight is 438 g/mol. The molecular weight excluding hydrogens is 416 g/mol. The van der Waals surface area contributed by atoms with E-state index in [1.807, 2.05) is 0 Å². The Labute approximate surface area is 184 Å². The van der Waals surface area contributed by atoms with Gasteiger partial charge >= 0.3 is 11.9 Å². The van der Waals surface area contributed by atoms with Gasteiger partial charge in [-0.05, 0) is 39.8 Å². The first-order valence-electron chi connectivity index (χ1n) is 9.64. The van der Waals surface area contributed by atoms with Crippen LogP contribution in [-0.2, 0) is 32.3 Å². The van der Waals surface area contributed by atoms with Gasteiger partial charge in [-0.2, -0.15) is 0 Å². The van der Waals surface area contributed by atoms with Crippen molar-refractivity contribution in [1.29, 1.82) is 0 Å². The van der Waals surface area contributed by atoms with Crippen molar-refractivity contribution < 1.29 is 38.2 Å². The number of esters is 2. The predicted molar refractivity (Wildman–Crippen MR) is 112 cm³/mol. The fourth-order valence-electron chi connectivity index (χ4n) is 2.90. The summed E-state index contributed by atoms with van der Waals surface area (Å²) in [5, 5.41) is 0. The number of hydrogen-bond acceptors (Lipinski definition) is 8. The molecule has 2 aromatic rings. The Morgan fingerprint density at radius 2 is 0.906 bits per heavy atom. The summed E-state index contributed by atoms with van der Waals surface area (Å²) in [6.07, 6.45) is 0. The van der Waals surface area contributed by atoms with Crippen molar-refractivity contribution in [2.45, 2.75) is 40.9 Å². The lowest BCUT2D eigenvalue weighted by Gasteiger charge is -2.11. The zero-order chi connectivity index (χ0) is 24.0. The van der Waals surface area contributed by atoms with Gasteiger partial charge in [0.05, 0.1) is 0 Å². The molecule has 0 fully saturated rings. The highest BCUT2D eigenvalue weighted by Gasteiger charge is 2.20. The molecule has 0 N–H and O–H groups in total. The lowest BCUT2D eigenvalue weighted by molar-refractivity contribution is -0.169. The summed E-state index contributed by atoms with van der Waals surface area (Å²) < 4.78 is 9.87. The van der Waals surface area contributed by atoms with Crippen LogP contribution in [0.25, 0.3) is 0 Å². The summed E-state index contributed by atoms with van der Waals surface area (Å²) in [5.41, 5.74) is 1.75. The van der Waals surface area contributed by atoms with Crippen molar-refractivity contribution in [3.63, 3.8) is 0 Å². The average Bonchev–Trinajstić information content (AvgIpc) is 2.74. The Balaban J connectivity index is 2.05. The van der Waals surface area contributed by atoms with E-state index in [-0.39, 0.29) is 47.5 Å². The molecule has 0 aliphatic rings. The number of rotatable bonds is 8. The van der Waals surface area contributed by atoms with Crippen LogP contribution >= 0.6 is 0 Å². The molecule has 0 aliphatic heterocycles. The van der Waals surface area contributed by atoms with Gasteiger partial charge in [-0.1, -0.05) is 24.3 Å². The first-order chi connectivity index (χ1) is 15.0. The van der Waals surface area contributed by atoms with Crippen LogP contribution in [-0.4, -0.2) is 35.1 Å². The van der Waals surface area contributed by atoms with E-state index >= 15 is 0 Å². The third-order valence-corrected chi connectivity index (χ3v) is 4.68. The molecule has 2 aromatic carbocycles. The van der Waals surface area contributed by atoms with E-state index in [1.165, 1.54) is 64.1 Å². The minimum Gasteiger partial charge on any atom is -0.452 e. The van der Waals surface area contributed by atoms with Crippen molar-refractivity contribution in [2.24, 2.45) is 0 Å². The zero-order valence-corrected chi connectivity index (χ0v) is 18.1. The van der Waals surface area contributed by atoms with Gasteiger partial charge in [0, 0.05) is 33.4 Å². The van der Waals surface area contributed by atoms with Gasteiger partial charge in [0.15, 0.2) is 23.1 Å². The molecule has 8 heteroatoms. The third-order valence-electron chi connectivity index (χ3n) is 4.68. The summed E-state index contributed by atoms with van der Waals surface area (Å²) in [6.45, 7) is 4.60. The van der Waals surface area contributed by atoms with Crippen LogP contribution in [0.5, 0.6) is 0 Å². The molecule has 0 unspecified atom stereocenters. The molecule has 8 nitrogen and oxygen atoms in total. The fraction of sp³-hybridized carbons (Fsp3) is 0.250. The number of hydrogen-bond donors (Lipinski definition) is 0. The molecule has 0 aliphatic carbocycles. The largest absolute Gasteiger partial charge is 0.452 e. The Kier molecular flexibility index (Phi) is 7.90. The molecule has 0 saturated carbocycles. The van der Waals surface area contributed by atoms with Gasteiger partial charge < -0.3 is 9.47 Å². The second kappa shape index (κ2) is 10.4. The van der Waals surface area contributed by atoms with Gasteiger partial charge in [0.25, 0.3) is 0 Å². The van der Waals surface area contributed by atoms with Gasteiger partial charge in [-0.15, -0.1) is 0 Å². The van der Waals surface area contributed by atoms with Crippen LogP contribution in [0, 0.1) is 0 Å². The van der Waals surface area contributed by atoms with Crippen molar-refractivity contribution >= 4 is 35.1 Å². The summed E-state index contributed by atoms with van der Waals surface area (Å²) in [4.78, 5) is 70.7. The van der Waals surface area contributed by atoms with E-state index in [2.05, 4.69) is 0 Å². The maximum atomic E-state index is 12.0. The van der Waals surface area contributed by atoms with Crippen molar-refractivity contribution in [2.75, 3.05) is 0 Å². The van der Waals surface area contributed by atoms with Gasteiger partial charge in [-0.25, -0.2) is 9.59 Å². The lowest BCUT2D eigenvalue weighted by atomic mass is 10.00. The maximum absolute atomic E-state index is 12.0. The lowest BCUT2D eigenvalue weighted by Crippen LogP contribution is -2.21. The van der Waals surface area contributed by atoms with Crippen LogP contribution in [0.4, 0.5) is 0 Å². The second-order valence-electron chi connectivity index (χ2n) is 7.12. The summed E-state index contributed by atoms with van der Waals surface area (Å²) >= 11 is 0. The Morgan fingerprint density at radius 3 is 1.19 bits per heavy atom. The summed E-state index contributed by atoms with van der Waals surface area (Å²) in [7, 11) is 0. The Morgan fingerprint density at radius 1 is 0.562 bits per heavy atom. The van der Waals surface area contributed by atoms with Crippen LogP contribution < -0.4 is 0 Å². The molecule has 0 amide bonds. The molecule has 0 heterocycles. The second-order valence-corrected chi connectivity index (χ2v) is 7.12. The van der Waals surface area contributed by atoms with Crippen LogP contribution in [0.2, 0.25) is 0 Å². The third kappa shape index (κ3) is 6.04. The highest BCUT2D eigenvalue weighted by atomic mass is 16.6. The van der Waals surface area contributed by atoms with Crippen LogP contribution in [0.1, 0.15) is 80.3 Å². The molecule has 0 bridgehead atoms. The van der Waals surface area contributed by atoms with E-state index in [0.29, 0.717) is 22.3 Å². The van der Waals surface area contributed by atoms with E-state index < -0.39 is 11.9 Å². The van der Waals surface area contributed by atoms with Crippen molar-refractivity contribution in [1.82, 2.24) is 0 Å². The van der Waals surface area contributed by atoms with Gasteiger partial charge in [0.2, 0.25) is 0 Å². The molecule has 0 saturated heterocycles. The molecule has 0 spiro atoms.